The molecule has 1 heterocycles. The van der Waals surface area contributed by atoms with Crippen molar-refractivity contribution in [1.82, 2.24) is 15.2 Å². The standard InChI is InChI=1S/C19H33N5O/c1-15(2)8-7-9-16(3)23-19(20)22-14-18(25)24(4)13-11-17-10-5-6-12-21-17/h5-6,10,12,15-16H,7-9,11,13-14H2,1-4H3,(H3,20,22,23). The van der Waals surface area contributed by atoms with Crippen LogP contribution in [0, 0.1) is 5.92 Å². The summed E-state index contributed by atoms with van der Waals surface area (Å²) in [4.78, 5) is 22.2. The molecule has 3 N–H and O–H groups in total. The van der Waals surface area contributed by atoms with Gasteiger partial charge < -0.3 is 16.0 Å². The third-order valence-corrected chi connectivity index (χ3v) is 4.05. The molecule has 0 spiro atoms. The van der Waals surface area contributed by atoms with Crippen LogP contribution in [0.5, 0.6) is 0 Å². The molecule has 0 fully saturated rings. The number of carbonyl (C=O) groups excluding carboxylic acids is 1. The van der Waals surface area contributed by atoms with E-state index in [9.17, 15) is 4.79 Å². The van der Waals surface area contributed by atoms with Crippen LogP contribution in [0.25, 0.3) is 0 Å². The number of carbonyl (C=O) groups is 1. The summed E-state index contributed by atoms with van der Waals surface area (Å²) in [6.07, 6.45) is 5.91. The van der Waals surface area contributed by atoms with Gasteiger partial charge in [-0.2, -0.15) is 0 Å². The Morgan fingerprint density at radius 2 is 2.08 bits per heavy atom. The second kappa shape index (κ2) is 11.4. The second-order valence-corrected chi connectivity index (χ2v) is 6.96. The van der Waals surface area contributed by atoms with Crippen LogP contribution in [-0.2, 0) is 11.2 Å². The first-order valence-electron chi connectivity index (χ1n) is 9.08. The molecule has 1 unspecified atom stereocenters. The molecular formula is C19H33N5O. The highest BCUT2D eigenvalue weighted by molar-refractivity contribution is 5.84. The molecule has 1 amide bonds. The molecule has 0 radical (unpaired) electrons. The van der Waals surface area contributed by atoms with Gasteiger partial charge in [-0.15, -0.1) is 0 Å². The van der Waals surface area contributed by atoms with Gasteiger partial charge in [0.25, 0.3) is 0 Å². The number of hydrogen-bond donors (Lipinski definition) is 2. The van der Waals surface area contributed by atoms with Crippen LogP contribution in [-0.4, -0.2) is 47.9 Å². The summed E-state index contributed by atoms with van der Waals surface area (Å²) in [6, 6.07) is 6.05. The highest BCUT2D eigenvalue weighted by Crippen LogP contribution is 2.08. The van der Waals surface area contributed by atoms with Crippen molar-refractivity contribution < 1.29 is 4.79 Å². The topological polar surface area (TPSA) is 83.6 Å². The third kappa shape index (κ3) is 9.69. The molecule has 0 bridgehead atoms. The average molecular weight is 348 g/mol. The van der Waals surface area contributed by atoms with Crippen LogP contribution in [0.1, 0.15) is 45.7 Å². The third-order valence-electron chi connectivity index (χ3n) is 4.05. The number of nitrogens with zero attached hydrogens (tertiary/aromatic N) is 3. The average Bonchev–Trinajstić information content (AvgIpc) is 2.58. The maximum Gasteiger partial charge on any atom is 0.244 e. The van der Waals surface area contributed by atoms with Gasteiger partial charge in [-0.05, 0) is 31.4 Å². The van der Waals surface area contributed by atoms with E-state index in [1.165, 1.54) is 6.42 Å². The molecular weight excluding hydrogens is 314 g/mol. The summed E-state index contributed by atoms with van der Waals surface area (Å²) >= 11 is 0. The molecule has 6 nitrogen and oxygen atoms in total. The van der Waals surface area contributed by atoms with Gasteiger partial charge in [0.15, 0.2) is 5.96 Å². The zero-order valence-electron chi connectivity index (χ0n) is 16.0. The van der Waals surface area contributed by atoms with E-state index < -0.39 is 0 Å². The second-order valence-electron chi connectivity index (χ2n) is 6.96. The lowest BCUT2D eigenvalue weighted by atomic mass is 10.0. The van der Waals surface area contributed by atoms with E-state index in [-0.39, 0.29) is 18.5 Å². The molecule has 0 saturated heterocycles. The first-order valence-corrected chi connectivity index (χ1v) is 9.08. The number of amides is 1. The number of hydrogen-bond acceptors (Lipinski definition) is 3. The summed E-state index contributed by atoms with van der Waals surface area (Å²) in [5.41, 5.74) is 6.85. The van der Waals surface area contributed by atoms with Gasteiger partial charge in [0.05, 0.1) is 0 Å². The quantitative estimate of drug-likeness (QED) is 0.502. The lowest BCUT2D eigenvalue weighted by molar-refractivity contribution is -0.128. The highest BCUT2D eigenvalue weighted by atomic mass is 16.2. The summed E-state index contributed by atoms with van der Waals surface area (Å²) in [6.45, 7) is 7.22. The number of aliphatic imine (C=N–C) groups is 1. The number of nitrogens with two attached hydrogens (primary N) is 1. The molecule has 0 aromatic carbocycles. The van der Waals surface area contributed by atoms with Gasteiger partial charge in [0, 0.05) is 37.9 Å². The van der Waals surface area contributed by atoms with E-state index in [0.717, 1.165) is 30.9 Å². The zero-order chi connectivity index (χ0) is 18.7. The monoisotopic (exact) mass is 347 g/mol. The van der Waals surface area contributed by atoms with E-state index in [4.69, 9.17) is 5.73 Å². The normalized spacial score (nSPS) is 12.9. The fourth-order valence-corrected chi connectivity index (χ4v) is 2.43. The van der Waals surface area contributed by atoms with Crippen LogP contribution in [0.15, 0.2) is 29.4 Å². The Balaban J connectivity index is 2.28. The van der Waals surface area contributed by atoms with Crippen molar-refractivity contribution in [2.24, 2.45) is 16.6 Å². The molecule has 1 aromatic heterocycles. The minimum Gasteiger partial charge on any atom is -0.370 e. The van der Waals surface area contributed by atoms with E-state index in [0.29, 0.717) is 12.5 Å². The summed E-state index contributed by atoms with van der Waals surface area (Å²) in [7, 11) is 1.78. The van der Waals surface area contributed by atoms with E-state index >= 15 is 0 Å². The van der Waals surface area contributed by atoms with Crippen molar-refractivity contribution in [2.75, 3.05) is 20.1 Å². The highest BCUT2D eigenvalue weighted by Gasteiger charge is 2.09. The number of nitrogens with one attached hydrogen (secondary N) is 1. The summed E-state index contributed by atoms with van der Waals surface area (Å²) in [5.74, 6) is 1.01. The van der Waals surface area contributed by atoms with Crippen molar-refractivity contribution in [3.63, 3.8) is 0 Å². The molecule has 1 aromatic rings. The first-order chi connectivity index (χ1) is 11.9. The SMILES string of the molecule is CC(C)CCCC(C)NC(N)=NCC(=O)N(C)CCc1ccccn1. The van der Waals surface area contributed by atoms with Crippen molar-refractivity contribution in [3.8, 4) is 0 Å². The number of pyridine rings is 1. The fourth-order valence-electron chi connectivity index (χ4n) is 2.43. The molecule has 1 rings (SSSR count). The maximum atomic E-state index is 12.1. The van der Waals surface area contributed by atoms with Gasteiger partial charge in [-0.25, -0.2) is 4.99 Å². The Kier molecular flexibility index (Phi) is 9.58. The Morgan fingerprint density at radius 1 is 1.32 bits per heavy atom. The fraction of sp³-hybridized carbons (Fsp3) is 0.632. The molecule has 0 aliphatic carbocycles. The summed E-state index contributed by atoms with van der Waals surface area (Å²) < 4.78 is 0. The number of rotatable bonds is 10. The van der Waals surface area contributed by atoms with E-state index in [1.807, 2.05) is 18.2 Å². The largest absolute Gasteiger partial charge is 0.370 e. The van der Waals surface area contributed by atoms with Gasteiger partial charge in [-0.3, -0.25) is 9.78 Å². The van der Waals surface area contributed by atoms with Crippen LogP contribution < -0.4 is 11.1 Å². The molecule has 0 aliphatic rings. The minimum absolute atomic E-state index is 0.0480. The Bertz CT molecular complexity index is 530. The minimum atomic E-state index is -0.0480. The molecule has 25 heavy (non-hydrogen) atoms. The molecule has 6 heteroatoms. The van der Waals surface area contributed by atoms with Crippen LogP contribution in [0.4, 0.5) is 0 Å². The van der Waals surface area contributed by atoms with E-state index in [1.54, 1.807) is 18.1 Å². The lowest BCUT2D eigenvalue weighted by Crippen LogP contribution is -2.39. The molecule has 1 atom stereocenters. The van der Waals surface area contributed by atoms with E-state index in [2.05, 4.69) is 36.1 Å². The molecule has 140 valence electrons. The molecule has 0 aliphatic heterocycles. The predicted octanol–water partition coefficient (Wildman–Crippen LogP) is 2.20. The van der Waals surface area contributed by atoms with Crippen molar-refractivity contribution in [3.05, 3.63) is 30.1 Å². The Hall–Kier alpha value is -2.11. The van der Waals surface area contributed by atoms with Gasteiger partial charge in [-0.1, -0.05) is 32.8 Å². The summed E-state index contributed by atoms with van der Waals surface area (Å²) in [5, 5.41) is 3.15. The first kappa shape index (κ1) is 20.9. The van der Waals surface area contributed by atoms with Crippen LogP contribution >= 0.6 is 0 Å². The van der Waals surface area contributed by atoms with Crippen molar-refractivity contribution in [1.29, 1.82) is 0 Å². The van der Waals surface area contributed by atoms with Crippen molar-refractivity contribution in [2.45, 2.75) is 52.5 Å². The maximum absolute atomic E-state index is 12.1. The predicted molar refractivity (Wildman–Crippen MR) is 103 cm³/mol. The number of likely N-dealkylation sites (N-methyl/N-ethyl adjacent to an activating group) is 1. The zero-order valence-corrected chi connectivity index (χ0v) is 16.0. The Morgan fingerprint density at radius 3 is 2.72 bits per heavy atom. The van der Waals surface area contributed by atoms with Crippen LogP contribution in [0.3, 0.4) is 0 Å². The van der Waals surface area contributed by atoms with Gasteiger partial charge in [0.1, 0.15) is 6.54 Å². The number of aromatic nitrogens is 1. The van der Waals surface area contributed by atoms with Gasteiger partial charge >= 0.3 is 0 Å². The molecule has 0 saturated carbocycles. The lowest BCUT2D eigenvalue weighted by Gasteiger charge is -2.17. The van der Waals surface area contributed by atoms with Crippen LogP contribution in [0.2, 0.25) is 0 Å². The smallest absolute Gasteiger partial charge is 0.244 e. The van der Waals surface area contributed by atoms with Crippen molar-refractivity contribution >= 4 is 11.9 Å². The van der Waals surface area contributed by atoms with Gasteiger partial charge in [0.2, 0.25) is 5.91 Å². The Labute approximate surface area is 151 Å². The number of guanidine groups is 1.